The van der Waals surface area contributed by atoms with Gasteiger partial charge in [-0.05, 0) is 54.4 Å². The van der Waals surface area contributed by atoms with Crippen LogP contribution in [0.15, 0.2) is 48.5 Å². The summed E-state index contributed by atoms with van der Waals surface area (Å²) in [7, 11) is 0. The Morgan fingerprint density at radius 3 is 2.46 bits per heavy atom. The predicted molar refractivity (Wildman–Crippen MR) is 105 cm³/mol. The molecule has 28 heavy (non-hydrogen) atoms. The number of benzene rings is 2. The number of alkyl carbamates (subject to hydrolysis) is 1. The lowest BCUT2D eigenvalue weighted by Gasteiger charge is -2.72. The summed E-state index contributed by atoms with van der Waals surface area (Å²) in [6, 6.07) is 14.4. The smallest absolute Gasteiger partial charge is 0.408 e. The van der Waals surface area contributed by atoms with Crippen molar-refractivity contribution >= 4 is 23.7 Å². The third kappa shape index (κ3) is 3.14. The second kappa shape index (κ2) is 6.82. The van der Waals surface area contributed by atoms with E-state index in [0.29, 0.717) is 0 Å². The third-order valence-electron chi connectivity index (χ3n) is 6.19. The fraction of sp³-hybridized carbons (Fsp3) is 0.364. The van der Waals surface area contributed by atoms with Gasteiger partial charge in [0.2, 0.25) is 0 Å². The molecule has 146 valence electrons. The Balaban J connectivity index is 1.38. The van der Waals surface area contributed by atoms with E-state index in [-0.39, 0.29) is 12.0 Å². The summed E-state index contributed by atoms with van der Waals surface area (Å²) in [5, 5.41) is 13.0. The van der Waals surface area contributed by atoms with Crippen molar-refractivity contribution in [3.63, 3.8) is 0 Å². The summed E-state index contributed by atoms with van der Waals surface area (Å²) in [6.45, 7) is 2.07. The van der Waals surface area contributed by atoms with Crippen LogP contribution in [0.1, 0.15) is 36.0 Å². The zero-order valence-electron chi connectivity index (χ0n) is 15.6. The maximum atomic E-state index is 12.2. The van der Waals surface area contributed by atoms with Gasteiger partial charge in [-0.15, -0.1) is 0 Å². The number of hydrogen-bond donors (Lipinski definition) is 2. The van der Waals surface area contributed by atoms with Gasteiger partial charge in [-0.2, -0.15) is 0 Å². The van der Waals surface area contributed by atoms with E-state index < -0.39 is 23.5 Å². The maximum absolute atomic E-state index is 12.2. The van der Waals surface area contributed by atoms with Crippen molar-refractivity contribution in [2.75, 3.05) is 0 Å². The first-order valence-corrected chi connectivity index (χ1v) is 9.68. The number of carbonyl (C=O) groups is 2. The van der Waals surface area contributed by atoms with Crippen molar-refractivity contribution in [1.82, 2.24) is 5.32 Å². The normalized spacial score (nSPS) is 25.8. The fourth-order valence-corrected chi connectivity index (χ4v) is 4.94. The van der Waals surface area contributed by atoms with E-state index in [1.54, 1.807) is 0 Å². The first-order valence-electron chi connectivity index (χ1n) is 9.30. The highest BCUT2D eigenvalue weighted by atomic mass is 35.5. The molecule has 3 aliphatic carbocycles. The highest BCUT2D eigenvalue weighted by Gasteiger charge is 2.72. The molecular weight excluding hydrogens is 378 g/mol. The van der Waals surface area contributed by atoms with Gasteiger partial charge in [-0.3, -0.25) is 0 Å². The molecule has 0 saturated heterocycles. The van der Waals surface area contributed by atoms with Crippen LogP contribution < -0.4 is 5.32 Å². The second-order valence-corrected chi connectivity index (χ2v) is 8.52. The number of carbonyl (C=O) groups excluding carboxylic acids is 1. The van der Waals surface area contributed by atoms with Crippen LogP contribution >= 0.6 is 11.6 Å². The van der Waals surface area contributed by atoms with Crippen molar-refractivity contribution in [3.05, 3.63) is 70.2 Å². The Labute approximate surface area is 168 Å². The minimum atomic E-state index is -1.02. The van der Waals surface area contributed by atoms with Crippen LogP contribution in [0.3, 0.4) is 0 Å². The number of halogens is 1. The molecule has 0 heterocycles. The van der Waals surface area contributed by atoms with E-state index in [0.717, 1.165) is 41.0 Å². The molecule has 0 aromatic heterocycles. The van der Waals surface area contributed by atoms with Gasteiger partial charge in [0.05, 0.1) is 0 Å². The Morgan fingerprint density at radius 2 is 1.86 bits per heavy atom. The van der Waals surface area contributed by atoms with Crippen LogP contribution in [-0.4, -0.2) is 23.2 Å². The van der Waals surface area contributed by atoms with E-state index in [1.165, 1.54) is 0 Å². The predicted octanol–water partition coefficient (Wildman–Crippen LogP) is 4.45. The number of nitrogens with one attached hydrogen (secondary N) is 1. The largest absolute Gasteiger partial charge is 0.480 e. The molecule has 3 saturated carbocycles. The minimum Gasteiger partial charge on any atom is -0.480 e. The molecule has 0 spiro atoms. The van der Waals surface area contributed by atoms with Crippen LogP contribution in [0.5, 0.6) is 0 Å². The number of carboxylic acid groups (broad SMARTS) is 1. The number of aryl methyl sites for hydroxylation is 1. The van der Waals surface area contributed by atoms with Crippen LogP contribution in [0.2, 0.25) is 5.02 Å². The molecule has 1 amide bonds. The van der Waals surface area contributed by atoms with E-state index in [2.05, 4.69) is 11.4 Å². The number of aliphatic carboxylic acids is 1. The first kappa shape index (κ1) is 18.8. The van der Waals surface area contributed by atoms with Crippen LogP contribution in [0, 0.1) is 12.3 Å². The molecule has 2 N–H and O–H groups in total. The lowest BCUT2D eigenvalue weighted by Crippen LogP contribution is -2.73. The van der Waals surface area contributed by atoms with E-state index in [4.69, 9.17) is 16.3 Å². The minimum absolute atomic E-state index is 0.0132. The number of rotatable bonds is 6. The second-order valence-electron chi connectivity index (χ2n) is 8.11. The average Bonchev–Trinajstić information content (AvgIpc) is 2.60. The van der Waals surface area contributed by atoms with Crippen molar-refractivity contribution in [2.45, 2.75) is 44.2 Å². The molecule has 0 aliphatic heterocycles. The number of carboxylic acids is 1. The summed E-state index contributed by atoms with van der Waals surface area (Å²) >= 11 is 6.25. The Kier molecular flexibility index (Phi) is 4.58. The molecule has 6 heteroatoms. The van der Waals surface area contributed by atoms with Gasteiger partial charge in [0.25, 0.3) is 0 Å². The zero-order chi connectivity index (χ0) is 19.9. The summed E-state index contributed by atoms with van der Waals surface area (Å²) in [5.74, 6) is -1.02. The number of hydrogen-bond acceptors (Lipinski definition) is 3. The van der Waals surface area contributed by atoms with Crippen molar-refractivity contribution in [3.8, 4) is 0 Å². The lowest BCUT2D eigenvalue weighted by atomic mass is 9.31. The molecule has 5 rings (SSSR count). The molecule has 2 aromatic carbocycles. The van der Waals surface area contributed by atoms with Gasteiger partial charge >= 0.3 is 12.1 Å². The monoisotopic (exact) mass is 399 g/mol. The standard InChI is InChI=1S/C22H22ClNO4/c1-14-7-8-16(9-17(14)23)21-11-22(12-21,13-21)18(19(25)26)24-20(27)28-10-15-5-3-2-4-6-15/h2-9,18H,10-13H2,1H3,(H,24,27)(H,25,26). The highest BCUT2D eigenvalue weighted by Crippen LogP contribution is 2.75. The molecule has 5 nitrogen and oxygen atoms in total. The third-order valence-corrected chi connectivity index (χ3v) is 6.60. The van der Waals surface area contributed by atoms with Gasteiger partial charge in [-0.1, -0.05) is 54.1 Å². The summed E-state index contributed by atoms with van der Waals surface area (Å²) in [4.78, 5) is 24.0. The van der Waals surface area contributed by atoms with Gasteiger partial charge < -0.3 is 15.2 Å². The summed E-state index contributed by atoms with van der Waals surface area (Å²) < 4.78 is 5.20. The number of amides is 1. The van der Waals surface area contributed by atoms with Crippen molar-refractivity contribution in [1.29, 1.82) is 0 Å². The Morgan fingerprint density at radius 1 is 1.18 bits per heavy atom. The molecule has 1 atom stereocenters. The van der Waals surface area contributed by atoms with Crippen molar-refractivity contribution < 1.29 is 19.4 Å². The van der Waals surface area contributed by atoms with Crippen LogP contribution in [0.4, 0.5) is 4.79 Å². The maximum Gasteiger partial charge on any atom is 0.408 e. The van der Waals surface area contributed by atoms with Crippen molar-refractivity contribution in [2.24, 2.45) is 5.41 Å². The first-order chi connectivity index (χ1) is 13.3. The van der Waals surface area contributed by atoms with E-state index in [1.807, 2.05) is 49.4 Å². The molecule has 2 aromatic rings. The number of ether oxygens (including phenoxy) is 1. The zero-order valence-corrected chi connectivity index (χ0v) is 16.3. The topological polar surface area (TPSA) is 75.6 Å². The molecule has 1 unspecified atom stereocenters. The molecule has 3 aliphatic rings. The SMILES string of the molecule is Cc1ccc(C23CC(C(NC(=O)OCc4ccccc4)C(=O)O)(C2)C3)cc1Cl. The average molecular weight is 400 g/mol. The summed E-state index contributed by atoms with van der Waals surface area (Å²) in [6.07, 6.45) is 1.49. The van der Waals surface area contributed by atoms with E-state index in [9.17, 15) is 14.7 Å². The quantitative estimate of drug-likeness (QED) is 0.752. The fourth-order valence-electron chi connectivity index (χ4n) is 4.76. The van der Waals surface area contributed by atoms with Gasteiger partial charge in [0, 0.05) is 10.4 Å². The Bertz CT molecular complexity index is 908. The Hall–Kier alpha value is -2.53. The van der Waals surface area contributed by atoms with Gasteiger partial charge in [0.15, 0.2) is 0 Å². The molecule has 3 fully saturated rings. The van der Waals surface area contributed by atoms with Crippen LogP contribution in [0.25, 0.3) is 0 Å². The highest BCUT2D eigenvalue weighted by molar-refractivity contribution is 6.31. The molecule has 0 radical (unpaired) electrons. The lowest BCUT2D eigenvalue weighted by molar-refractivity contribution is -0.183. The molecular formula is C22H22ClNO4. The van der Waals surface area contributed by atoms with E-state index >= 15 is 0 Å². The summed E-state index contributed by atoms with van der Waals surface area (Å²) in [5.41, 5.74) is 2.61. The molecule has 2 bridgehead atoms. The van der Waals surface area contributed by atoms with Gasteiger partial charge in [-0.25, -0.2) is 9.59 Å². The van der Waals surface area contributed by atoms with Gasteiger partial charge in [0.1, 0.15) is 12.6 Å². The van der Waals surface area contributed by atoms with Crippen LogP contribution in [-0.2, 0) is 21.6 Å².